The van der Waals surface area contributed by atoms with Crippen molar-refractivity contribution in [3.05, 3.63) is 33.8 Å². The topological polar surface area (TPSA) is 29.5 Å². The van der Waals surface area contributed by atoms with Crippen LogP contribution >= 0.6 is 15.9 Å². The van der Waals surface area contributed by atoms with Gasteiger partial charge in [-0.15, -0.1) is 0 Å². The summed E-state index contributed by atoms with van der Waals surface area (Å²) < 4.78 is 32.4. The Morgan fingerprint density at radius 3 is 2.71 bits per heavy atom. The molecule has 17 heavy (non-hydrogen) atoms. The zero-order valence-electron chi connectivity index (χ0n) is 9.29. The molecular formula is C12H13BrF2O2. The fraction of sp³-hybridized carbons (Fsp3) is 0.500. The summed E-state index contributed by atoms with van der Waals surface area (Å²) in [6, 6.07) is 2.03. The van der Waals surface area contributed by atoms with Gasteiger partial charge < -0.3 is 9.84 Å². The van der Waals surface area contributed by atoms with Crippen molar-refractivity contribution in [1.29, 1.82) is 0 Å². The zero-order chi connectivity index (χ0) is 12.6. The van der Waals surface area contributed by atoms with Gasteiger partial charge in [-0.3, -0.25) is 0 Å². The summed E-state index contributed by atoms with van der Waals surface area (Å²) in [5.74, 6) is -1.09. The smallest absolute Gasteiger partial charge is 0.137 e. The monoisotopic (exact) mass is 306 g/mol. The molecule has 0 radical (unpaired) electrons. The van der Waals surface area contributed by atoms with Crippen LogP contribution in [0.2, 0.25) is 0 Å². The molecule has 0 spiro atoms. The first-order chi connectivity index (χ1) is 8.00. The molecular weight excluding hydrogens is 294 g/mol. The number of rotatable bonds is 2. The zero-order valence-corrected chi connectivity index (χ0v) is 10.9. The summed E-state index contributed by atoms with van der Waals surface area (Å²) in [4.78, 5) is 0. The molecule has 3 atom stereocenters. The average Bonchev–Trinajstić information content (AvgIpc) is 2.69. The molecule has 94 valence electrons. The lowest BCUT2D eigenvalue weighted by Crippen LogP contribution is -2.24. The predicted octanol–water partition coefficient (Wildman–Crippen LogP) is 3.19. The van der Waals surface area contributed by atoms with Crippen LogP contribution in [-0.2, 0) is 4.74 Å². The van der Waals surface area contributed by atoms with Crippen molar-refractivity contribution in [1.82, 2.24) is 0 Å². The third-order valence-electron chi connectivity index (χ3n) is 3.11. The Hall–Kier alpha value is -0.520. The summed E-state index contributed by atoms with van der Waals surface area (Å²) in [7, 11) is 0. The van der Waals surface area contributed by atoms with Crippen molar-refractivity contribution in [2.45, 2.75) is 25.6 Å². The highest BCUT2D eigenvalue weighted by Crippen LogP contribution is 2.33. The van der Waals surface area contributed by atoms with Gasteiger partial charge in [0.05, 0.1) is 10.6 Å². The molecule has 1 aliphatic rings. The van der Waals surface area contributed by atoms with Gasteiger partial charge in [-0.25, -0.2) is 8.78 Å². The van der Waals surface area contributed by atoms with Crippen LogP contribution in [0, 0.1) is 17.6 Å². The summed E-state index contributed by atoms with van der Waals surface area (Å²) in [5.41, 5.74) is -0.0514. The second-order valence-corrected chi connectivity index (χ2v) is 5.19. The molecule has 2 rings (SSSR count). The third kappa shape index (κ3) is 2.51. The molecule has 1 fully saturated rings. The van der Waals surface area contributed by atoms with Gasteiger partial charge in [0.25, 0.3) is 0 Å². The Kier molecular flexibility index (Phi) is 3.80. The van der Waals surface area contributed by atoms with Gasteiger partial charge in [-0.1, -0.05) is 6.92 Å². The summed E-state index contributed by atoms with van der Waals surface area (Å²) in [6.07, 6.45) is -0.775. The lowest BCUT2D eigenvalue weighted by Gasteiger charge is -2.22. The van der Waals surface area contributed by atoms with Crippen molar-refractivity contribution < 1.29 is 18.6 Å². The van der Waals surface area contributed by atoms with Crippen LogP contribution in [0.3, 0.4) is 0 Å². The Bertz CT molecular complexity index is 425. The van der Waals surface area contributed by atoms with E-state index in [0.717, 1.165) is 18.6 Å². The van der Waals surface area contributed by atoms with E-state index in [9.17, 15) is 13.9 Å². The molecule has 1 aromatic carbocycles. The number of hydrogen-bond acceptors (Lipinski definition) is 2. The molecule has 2 nitrogen and oxygen atoms in total. The van der Waals surface area contributed by atoms with Crippen molar-refractivity contribution in [3.8, 4) is 0 Å². The highest BCUT2D eigenvalue weighted by Gasteiger charge is 2.33. The molecule has 1 N–H and O–H groups in total. The minimum absolute atomic E-state index is 0.0475. The number of ether oxygens (including phenoxy) is 1. The van der Waals surface area contributed by atoms with Gasteiger partial charge in [0.15, 0.2) is 0 Å². The second kappa shape index (κ2) is 5.00. The maximum Gasteiger partial charge on any atom is 0.137 e. The molecule has 1 saturated heterocycles. The molecule has 1 aromatic rings. The van der Waals surface area contributed by atoms with Crippen LogP contribution in [0.25, 0.3) is 0 Å². The Labute approximate surface area is 107 Å². The van der Waals surface area contributed by atoms with E-state index < -0.39 is 23.8 Å². The van der Waals surface area contributed by atoms with Gasteiger partial charge in [0.2, 0.25) is 0 Å². The normalized spacial score (nSPS) is 26.2. The first-order valence-corrected chi connectivity index (χ1v) is 6.24. The van der Waals surface area contributed by atoms with Gasteiger partial charge in [-0.05, 0) is 40.4 Å². The largest absolute Gasteiger partial charge is 0.386 e. The van der Waals surface area contributed by atoms with Gasteiger partial charge in [0, 0.05) is 12.2 Å². The SMILES string of the molecule is CC1CCOC1C(O)c1cc(F)c(Br)cc1F. The molecule has 5 heteroatoms. The van der Waals surface area contributed by atoms with Crippen LogP contribution in [0.1, 0.15) is 25.0 Å². The van der Waals surface area contributed by atoms with Crippen LogP contribution in [0.5, 0.6) is 0 Å². The molecule has 0 saturated carbocycles. The molecule has 0 amide bonds. The number of aliphatic hydroxyl groups is 1. The van der Waals surface area contributed by atoms with Crippen LogP contribution in [0.4, 0.5) is 8.78 Å². The first-order valence-electron chi connectivity index (χ1n) is 5.45. The minimum atomic E-state index is -1.13. The molecule has 0 aromatic heterocycles. The van der Waals surface area contributed by atoms with Crippen LogP contribution in [-0.4, -0.2) is 17.8 Å². The lowest BCUT2D eigenvalue weighted by atomic mass is 9.94. The van der Waals surface area contributed by atoms with Crippen LogP contribution < -0.4 is 0 Å². The van der Waals surface area contributed by atoms with Gasteiger partial charge >= 0.3 is 0 Å². The quantitative estimate of drug-likeness (QED) is 0.850. The van der Waals surface area contributed by atoms with Crippen molar-refractivity contribution in [2.24, 2.45) is 5.92 Å². The number of halogens is 3. The number of aliphatic hydroxyl groups excluding tert-OH is 1. The predicted molar refractivity (Wildman–Crippen MR) is 62.5 cm³/mol. The average molecular weight is 307 g/mol. The summed E-state index contributed by atoms with van der Waals surface area (Å²) in [6.45, 7) is 2.47. The van der Waals surface area contributed by atoms with E-state index in [4.69, 9.17) is 4.74 Å². The maximum absolute atomic E-state index is 13.6. The molecule has 0 aliphatic carbocycles. The number of hydrogen-bond donors (Lipinski definition) is 1. The van der Waals surface area contributed by atoms with E-state index in [-0.39, 0.29) is 16.0 Å². The van der Waals surface area contributed by atoms with Crippen molar-refractivity contribution in [3.63, 3.8) is 0 Å². The second-order valence-electron chi connectivity index (χ2n) is 4.33. The lowest BCUT2D eigenvalue weighted by molar-refractivity contribution is -0.0195. The Morgan fingerprint density at radius 1 is 1.41 bits per heavy atom. The summed E-state index contributed by atoms with van der Waals surface area (Å²) >= 11 is 2.90. The van der Waals surface area contributed by atoms with Gasteiger partial charge in [-0.2, -0.15) is 0 Å². The van der Waals surface area contributed by atoms with E-state index >= 15 is 0 Å². The van der Waals surface area contributed by atoms with Crippen molar-refractivity contribution in [2.75, 3.05) is 6.61 Å². The standard InChI is InChI=1S/C12H13BrF2O2/c1-6-2-3-17-12(6)11(16)7-4-10(15)8(13)5-9(7)14/h4-6,11-12,16H,2-3H2,1H3. The van der Waals surface area contributed by atoms with Crippen LogP contribution in [0.15, 0.2) is 16.6 Å². The van der Waals surface area contributed by atoms with E-state index in [0.29, 0.717) is 6.61 Å². The molecule has 3 unspecified atom stereocenters. The minimum Gasteiger partial charge on any atom is -0.386 e. The fourth-order valence-electron chi connectivity index (χ4n) is 2.06. The Morgan fingerprint density at radius 2 is 2.12 bits per heavy atom. The Balaban J connectivity index is 2.30. The van der Waals surface area contributed by atoms with E-state index in [1.54, 1.807) is 0 Å². The molecule has 1 aliphatic heterocycles. The highest BCUT2D eigenvalue weighted by atomic mass is 79.9. The van der Waals surface area contributed by atoms with E-state index in [2.05, 4.69) is 15.9 Å². The van der Waals surface area contributed by atoms with E-state index in [1.165, 1.54) is 0 Å². The fourth-order valence-corrected chi connectivity index (χ4v) is 2.38. The highest BCUT2D eigenvalue weighted by molar-refractivity contribution is 9.10. The third-order valence-corrected chi connectivity index (χ3v) is 3.72. The first kappa shape index (κ1) is 12.9. The molecule has 1 heterocycles. The maximum atomic E-state index is 13.6. The summed E-state index contributed by atoms with van der Waals surface area (Å²) in [5, 5.41) is 10.0. The number of benzene rings is 1. The van der Waals surface area contributed by atoms with Gasteiger partial charge in [0.1, 0.15) is 17.7 Å². The van der Waals surface area contributed by atoms with E-state index in [1.807, 2.05) is 6.92 Å². The molecule has 0 bridgehead atoms. The van der Waals surface area contributed by atoms with Crippen molar-refractivity contribution >= 4 is 15.9 Å².